The summed E-state index contributed by atoms with van der Waals surface area (Å²) >= 11 is 0. The van der Waals surface area contributed by atoms with Crippen molar-refractivity contribution in [2.24, 2.45) is 0 Å². The molecule has 0 bridgehead atoms. The zero-order valence-electron chi connectivity index (χ0n) is 11.2. The predicted molar refractivity (Wildman–Crippen MR) is 72.6 cm³/mol. The van der Waals surface area contributed by atoms with E-state index in [9.17, 15) is 17.9 Å². The van der Waals surface area contributed by atoms with Crippen LogP contribution in [0.1, 0.15) is 32.3 Å². The van der Waals surface area contributed by atoms with Crippen LogP contribution in [0.2, 0.25) is 0 Å². The molecule has 6 heteroatoms. The van der Waals surface area contributed by atoms with Crippen LogP contribution in [0.15, 0.2) is 24.3 Å². The lowest BCUT2D eigenvalue weighted by atomic mass is 10.0. The molecule has 0 heterocycles. The Morgan fingerprint density at radius 1 is 1.32 bits per heavy atom. The lowest BCUT2D eigenvalue weighted by molar-refractivity contribution is 0.0554. The first kappa shape index (κ1) is 16.1. The van der Waals surface area contributed by atoms with E-state index in [-0.39, 0.29) is 12.3 Å². The van der Waals surface area contributed by atoms with Crippen molar-refractivity contribution >= 4 is 10.0 Å². The molecule has 4 nitrogen and oxygen atoms in total. The molecule has 1 aromatic rings. The molecule has 0 radical (unpaired) electrons. The van der Waals surface area contributed by atoms with E-state index in [1.165, 1.54) is 24.3 Å². The van der Waals surface area contributed by atoms with Gasteiger partial charge in [-0.25, -0.2) is 17.5 Å². The van der Waals surface area contributed by atoms with Crippen molar-refractivity contribution in [3.05, 3.63) is 35.6 Å². The van der Waals surface area contributed by atoms with Crippen molar-refractivity contribution in [1.29, 1.82) is 0 Å². The van der Waals surface area contributed by atoms with Gasteiger partial charge >= 0.3 is 0 Å². The number of halogens is 1. The van der Waals surface area contributed by atoms with Crippen molar-refractivity contribution in [3.63, 3.8) is 0 Å². The molecule has 0 aliphatic carbocycles. The van der Waals surface area contributed by atoms with Crippen molar-refractivity contribution in [2.45, 2.75) is 38.0 Å². The van der Waals surface area contributed by atoms with Gasteiger partial charge in [-0.05, 0) is 31.0 Å². The Balaban J connectivity index is 2.59. The second-order valence-electron chi connectivity index (χ2n) is 4.95. The maximum atomic E-state index is 12.7. The predicted octanol–water partition coefficient (Wildman–Crippen LogP) is 1.80. The van der Waals surface area contributed by atoms with Crippen molar-refractivity contribution < 1.29 is 17.9 Å². The molecule has 0 saturated heterocycles. The fraction of sp³-hybridized carbons (Fsp3) is 0.538. The Morgan fingerprint density at radius 3 is 2.42 bits per heavy atom. The highest BCUT2D eigenvalue weighted by atomic mass is 32.2. The molecule has 1 rings (SSSR count). The van der Waals surface area contributed by atoms with E-state index in [4.69, 9.17) is 0 Å². The molecule has 1 unspecified atom stereocenters. The third kappa shape index (κ3) is 6.13. The number of hydrogen-bond acceptors (Lipinski definition) is 3. The van der Waals surface area contributed by atoms with Crippen LogP contribution in [0.5, 0.6) is 0 Å². The Labute approximate surface area is 113 Å². The third-order valence-electron chi connectivity index (χ3n) is 2.73. The summed E-state index contributed by atoms with van der Waals surface area (Å²) in [4.78, 5) is 0. The molecule has 0 aromatic heterocycles. The maximum Gasteiger partial charge on any atom is 0.215 e. The quantitative estimate of drug-likeness (QED) is 0.804. The third-order valence-corrected chi connectivity index (χ3v) is 4.03. The highest BCUT2D eigenvalue weighted by Crippen LogP contribution is 2.12. The molecule has 1 aromatic carbocycles. The van der Waals surface area contributed by atoms with Gasteiger partial charge in [0.15, 0.2) is 0 Å². The minimum absolute atomic E-state index is 0.0234. The summed E-state index contributed by atoms with van der Waals surface area (Å²) in [5.41, 5.74) is -0.547. The molecule has 108 valence electrons. The highest BCUT2D eigenvalue weighted by molar-refractivity contribution is 7.88. The largest absolute Gasteiger partial charge is 0.389 e. The van der Waals surface area contributed by atoms with E-state index in [0.29, 0.717) is 12.0 Å². The molecule has 19 heavy (non-hydrogen) atoms. The van der Waals surface area contributed by atoms with Crippen LogP contribution in [0.25, 0.3) is 0 Å². The van der Waals surface area contributed by atoms with Gasteiger partial charge in [-0.2, -0.15) is 0 Å². The minimum atomic E-state index is -3.53. The standard InChI is InChI=1S/C13H20FNO3S/c1-3-8-13(2,16)10-15-19(17,18)9-11-4-6-12(14)7-5-11/h4-7,15-16H,3,8-10H2,1-2H3. The van der Waals surface area contributed by atoms with Crippen LogP contribution in [0.3, 0.4) is 0 Å². The summed E-state index contributed by atoms with van der Waals surface area (Å²) in [6.45, 7) is 3.49. The van der Waals surface area contributed by atoms with Crippen LogP contribution in [0.4, 0.5) is 4.39 Å². The molecule has 2 N–H and O–H groups in total. The Morgan fingerprint density at radius 2 is 1.89 bits per heavy atom. The summed E-state index contributed by atoms with van der Waals surface area (Å²) < 4.78 is 38.7. The van der Waals surface area contributed by atoms with E-state index >= 15 is 0 Å². The number of rotatable bonds is 7. The average molecular weight is 289 g/mol. The Bertz CT molecular complexity index is 497. The first-order chi connectivity index (χ1) is 8.74. The SMILES string of the molecule is CCCC(C)(O)CNS(=O)(=O)Cc1ccc(F)cc1. The van der Waals surface area contributed by atoms with Gasteiger partial charge in [0.25, 0.3) is 0 Å². The van der Waals surface area contributed by atoms with E-state index in [1.54, 1.807) is 6.92 Å². The Kier molecular flexibility index (Phi) is 5.46. The second-order valence-corrected chi connectivity index (χ2v) is 6.76. The minimum Gasteiger partial charge on any atom is -0.389 e. The zero-order chi connectivity index (χ0) is 14.5. The van der Waals surface area contributed by atoms with Crippen LogP contribution in [-0.2, 0) is 15.8 Å². The monoisotopic (exact) mass is 289 g/mol. The van der Waals surface area contributed by atoms with E-state index in [2.05, 4.69) is 4.72 Å². The number of hydrogen-bond donors (Lipinski definition) is 2. The van der Waals surface area contributed by atoms with Gasteiger partial charge in [0.2, 0.25) is 10.0 Å². The van der Waals surface area contributed by atoms with E-state index < -0.39 is 21.4 Å². The number of sulfonamides is 1. The van der Waals surface area contributed by atoms with Gasteiger partial charge in [-0.3, -0.25) is 0 Å². The van der Waals surface area contributed by atoms with Crippen molar-refractivity contribution in [1.82, 2.24) is 4.72 Å². The lowest BCUT2D eigenvalue weighted by Crippen LogP contribution is -2.40. The second kappa shape index (κ2) is 6.45. The molecular weight excluding hydrogens is 269 g/mol. The zero-order valence-corrected chi connectivity index (χ0v) is 12.0. The first-order valence-corrected chi connectivity index (χ1v) is 7.83. The van der Waals surface area contributed by atoms with E-state index in [1.807, 2.05) is 6.92 Å². The van der Waals surface area contributed by atoms with E-state index in [0.717, 1.165) is 6.42 Å². The summed E-state index contributed by atoms with van der Waals surface area (Å²) in [6.07, 6.45) is 1.29. The average Bonchev–Trinajstić information content (AvgIpc) is 2.30. The lowest BCUT2D eigenvalue weighted by Gasteiger charge is -2.22. The molecule has 0 aliphatic heterocycles. The van der Waals surface area contributed by atoms with Gasteiger partial charge in [-0.1, -0.05) is 25.5 Å². The summed E-state index contributed by atoms with van der Waals surface area (Å²) in [5.74, 6) is -0.629. The first-order valence-electron chi connectivity index (χ1n) is 6.18. The molecule has 0 fully saturated rings. The molecule has 0 spiro atoms. The van der Waals surface area contributed by atoms with Crippen LogP contribution in [0, 0.1) is 5.82 Å². The molecule has 0 saturated carbocycles. The van der Waals surface area contributed by atoms with Gasteiger partial charge in [-0.15, -0.1) is 0 Å². The van der Waals surface area contributed by atoms with Crippen molar-refractivity contribution in [2.75, 3.05) is 6.54 Å². The molecular formula is C13H20FNO3S. The van der Waals surface area contributed by atoms with Crippen LogP contribution >= 0.6 is 0 Å². The van der Waals surface area contributed by atoms with Gasteiger partial charge < -0.3 is 5.11 Å². The van der Waals surface area contributed by atoms with Gasteiger partial charge in [0.1, 0.15) is 5.82 Å². The van der Waals surface area contributed by atoms with Gasteiger partial charge in [0.05, 0.1) is 11.4 Å². The highest BCUT2D eigenvalue weighted by Gasteiger charge is 2.22. The molecule has 0 amide bonds. The summed E-state index contributed by atoms with van der Waals surface area (Å²) in [5, 5.41) is 9.90. The normalized spacial score (nSPS) is 15.2. The fourth-order valence-electron chi connectivity index (χ4n) is 1.74. The number of benzene rings is 1. The number of aliphatic hydroxyl groups is 1. The van der Waals surface area contributed by atoms with Crippen LogP contribution in [-0.4, -0.2) is 25.7 Å². The fourth-order valence-corrected chi connectivity index (χ4v) is 3.01. The Hall–Kier alpha value is -0.980. The molecule has 1 atom stereocenters. The molecule has 0 aliphatic rings. The smallest absolute Gasteiger partial charge is 0.215 e. The van der Waals surface area contributed by atoms with Gasteiger partial charge in [0, 0.05) is 6.54 Å². The maximum absolute atomic E-state index is 12.7. The topological polar surface area (TPSA) is 66.4 Å². The van der Waals surface area contributed by atoms with Crippen LogP contribution < -0.4 is 4.72 Å². The number of nitrogens with one attached hydrogen (secondary N) is 1. The summed E-state index contributed by atoms with van der Waals surface area (Å²) in [7, 11) is -3.53. The van der Waals surface area contributed by atoms with Crippen molar-refractivity contribution in [3.8, 4) is 0 Å². The summed E-state index contributed by atoms with van der Waals surface area (Å²) in [6, 6.07) is 5.30.